The third-order valence-electron chi connectivity index (χ3n) is 13.8. The zero-order chi connectivity index (χ0) is 42.4. The van der Waals surface area contributed by atoms with Gasteiger partial charge < -0.3 is 39.8 Å². The molecule has 6 fully saturated rings. The minimum Gasteiger partial charge on any atom is -0.480 e. The lowest BCUT2D eigenvalue weighted by atomic mass is 9.83. The van der Waals surface area contributed by atoms with Crippen LogP contribution in [0.4, 0.5) is 9.59 Å². The molecule has 4 amide bonds. The van der Waals surface area contributed by atoms with Crippen LogP contribution in [0.15, 0.2) is 0 Å². The summed E-state index contributed by atoms with van der Waals surface area (Å²) in [6, 6.07) is -2.77. The fourth-order valence-electron chi connectivity index (χ4n) is 10.6. The molecule has 0 bridgehead atoms. The van der Waals surface area contributed by atoms with Crippen LogP contribution in [0.1, 0.15) is 133 Å². The van der Waals surface area contributed by atoms with Crippen LogP contribution in [0.2, 0.25) is 0 Å². The Morgan fingerprint density at radius 3 is 1.30 bits per heavy atom. The molecule has 2 saturated heterocycles. The quantitative estimate of drug-likeness (QED) is 0.191. The number of nitrogens with zero attached hydrogens (tertiary/aromatic N) is 2. The van der Waals surface area contributed by atoms with Gasteiger partial charge >= 0.3 is 24.1 Å². The topological polar surface area (TPSA) is 181 Å². The average molecular weight is 803 g/mol. The molecule has 2 heterocycles. The third-order valence-corrected chi connectivity index (χ3v) is 13.8. The summed E-state index contributed by atoms with van der Waals surface area (Å²) in [7, 11) is 1.37. The molecule has 2 aliphatic heterocycles. The van der Waals surface area contributed by atoms with Crippen molar-refractivity contribution in [2.75, 3.05) is 20.2 Å². The average Bonchev–Trinajstić information content (AvgIpc) is 3.58. The number of carbonyl (C=O) groups excluding carboxylic acids is 5. The maximum Gasteiger partial charge on any atom is 0.408 e. The van der Waals surface area contributed by atoms with Crippen molar-refractivity contribution in [2.45, 2.75) is 169 Å². The zero-order valence-electron chi connectivity index (χ0n) is 36.3. The first kappa shape index (κ1) is 44.5. The van der Waals surface area contributed by atoms with Crippen molar-refractivity contribution in [2.24, 2.45) is 46.3 Å². The van der Waals surface area contributed by atoms with Crippen molar-refractivity contribution in [3.8, 4) is 0 Å². The van der Waals surface area contributed by atoms with Crippen LogP contribution in [0, 0.1) is 46.3 Å². The second-order valence-electron chi connectivity index (χ2n) is 20.7. The number of carbonyl (C=O) groups is 6. The molecule has 4 unspecified atom stereocenters. The van der Waals surface area contributed by atoms with Gasteiger partial charge in [0.05, 0.1) is 7.11 Å². The molecule has 4 aliphatic carbocycles. The molecule has 8 atom stereocenters. The summed E-state index contributed by atoms with van der Waals surface area (Å²) in [5, 5.41) is 15.4. The first-order valence-electron chi connectivity index (χ1n) is 21.3. The normalized spacial score (nSPS) is 29.9. The van der Waals surface area contributed by atoms with Gasteiger partial charge in [0.25, 0.3) is 0 Å². The van der Waals surface area contributed by atoms with Crippen molar-refractivity contribution < 1.29 is 48.1 Å². The molecule has 57 heavy (non-hydrogen) atoms. The van der Waals surface area contributed by atoms with E-state index in [1.54, 1.807) is 46.4 Å². The fourth-order valence-corrected chi connectivity index (χ4v) is 10.6. The number of ether oxygens (including phenoxy) is 3. The monoisotopic (exact) mass is 803 g/mol. The molecule has 0 aromatic heterocycles. The van der Waals surface area contributed by atoms with Crippen LogP contribution in [0.25, 0.3) is 0 Å². The van der Waals surface area contributed by atoms with E-state index in [-0.39, 0.29) is 58.2 Å². The van der Waals surface area contributed by atoms with Gasteiger partial charge in [-0.05, 0) is 102 Å². The highest BCUT2D eigenvalue weighted by molar-refractivity contribution is 5.92. The fraction of sp³-hybridized carbons (Fsp3) is 0.860. The molecule has 0 aromatic carbocycles. The van der Waals surface area contributed by atoms with Crippen molar-refractivity contribution in [3.05, 3.63) is 0 Å². The molecule has 14 heteroatoms. The lowest BCUT2D eigenvalue weighted by molar-refractivity contribution is -0.154. The number of esters is 1. The van der Waals surface area contributed by atoms with E-state index in [1.165, 1.54) is 12.0 Å². The second-order valence-corrected chi connectivity index (χ2v) is 20.7. The Hall–Kier alpha value is -3.58. The molecule has 322 valence electrons. The highest BCUT2D eigenvalue weighted by Gasteiger charge is 2.71. The predicted molar refractivity (Wildman–Crippen MR) is 212 cm³/mol. The predicted octanol–water partition coefficient (Wildman–Crippen LogP) is 6.14. The Bertz CT molecular complexity index is 1540. The van der Waals surface area contributed by atoms with Gasteiger partial charge in [-0.1, -0.05) is 66.2 Å². The van der Waals surface area contributed by atoms with Gasteiger partial charge in [0.15, 0.2) is 0 Å². The molecule has 0 radical (unpaired) electrons. The smallest absolute Gasteiger partial charge is 0.408 e. The highest BCUT2D eigenvalue weighted by Crippen LogP contribution is 2.66. The minimum atomic E-state index is -0.953. The Morgan fingerprint density at radius 2 is 0.965 bits per heavy atom. The van der Waals surface area contributed by atoms with Crippen LogP contribution in [-0.4, -0.2) is 106 Å². The zero-order valence-corrected chi connectivity index (χ0v) is 36.3. The van der Waals surface area contributed by atoms with Crippen LogP contribution < -0.4 is 10.6 Å². The Morgan fingerprint density at radius 1 is 0.614 bits per heavy atom. The van der Waals surface area contributed by atoms with Crippen molar-refractivity contribution >= 4 is 35.9 Å². The number of fused-ring (bicyclic) bond motifs is 2. The highest BCUT2D eigenvalue weighted by atomic mass is 16.6. The number of hydrogen-bond donors (Lipinski definition) is 3. The van der Waals surface area contributed by atoms with E-state index < -0.39 is 53.5 Å². The van der Waals surface area contributed by atoms with Crippen LogP contribution in [0.5, 0.6) is 0 Å². The number of nitrogens with one attached hydrogen (secondary N) is 2. The number of carboxylic acid groups (broad SMARTS) is 1. The Kier molecular flexibility index (Phi) is 13.0. The maximum absolute atomic E-state index is 13.6. The van der Waals surface area contributed by atoms with E-state index in [2.05, 4.69) is 38.3 Å². The lowest BCUT2D eigenvalue weighted by Gasteiger charge is -2.36. The van der Waals surface area contributed by atoms with Gasteiger partial charge in [-0.2, -0.15) is 0 Å². The molecule has 14 nitrogen and oxygen atoms in total. The summed E-state index contributed by atoms with van der Waals surface area (Å²) in [6.45, 7) is 20.1. The van der Waals surface area contributed by atoms with Crippen LogP contribution in [-0.2, 0) is 33.4 Å². The number of piperidine rings is 2. The van der Waals surface area contributed by atoms with E-state index >= 15 is 0 Å². The van der Waals surface area contributed by atoms with Crippen LogP contribution in [0.3, 0.4) is 0 Å². The van der Waals surface area contributed by atoms with E-state index in [1.807, 2.05) is 0 Å². The number of rotatable bonds is 8. The van der Waals surface area contributed by atoms with Crippen molar-refractivity contribution in [1.29, 1.82) is 0 Å². The van der Waals surface area contributed by atoms with Crippen molar-refractivity contribution in [3.63, 3.8) is 0 Å². The lowest BCUT2D eigenvalue weighted by Crippen LogP contribution is -2.57. The minimum absolute atomic E-state index is 0.0116. The first-order chi connectivity index (χ1) is 26.4. The number of methoxy groups -OCH3 is 1. The maximum atomic E-state index is 13.6. The first-order valence-corrected chi connectivity index (χ1v) is 21.3. The molecule has 0 aromatic rings. The SMILES string of the molecule is CC(C)(C)OC(=O)N[C@H](C(=O)N1CC2C([C@H]1C(=O)O)C2(C)C)C1CCCCC1.COC(=O)[C@@H]1C2C(CN1C(=O)[C@@H](NC(=O)OC(C)(C)C)C1CCCCC1)C2(C)C. The third kappa shape index (κ3) is 9.83. The number of amides is 4. The second kappa shape index (κ2) is 16.6. The molecule has 3 N–H and O–H groups in total. The van der Waals surface area contributed by atoms with E-state index in [0.717, 1.165) is 64.2 Å². The molecule has 4 saturated carbocycles. The number of alkyl carbamates (subject to hydrolysis) is 2. The van der Waals surface area contributed by atoms with Gasteiger partial charge in [0, 0.05) is 24.9 Å². The molecule has 6 rings (SSSR count). The summed E-state index contributed by atoms with van der Waals surface area (Å²) in [5.74, 6) is -1.07. The summed E-state index contributed by atoms with van der Waals surface area (Å²) in [6.07, 6.45) is 8.70. The largest absolute Gasteiger partial charge is 0.480 e. The van der Waals surface area contributed by atoms with Gasteiger partial charge in [-0.15, -0.1) is 0 Å². The van der Waals surface area contributed by atoms with E-state index in [9.17, 15) is 33.9 Å². The standard InChI is InChI=1S/C22H36N2O5.C21H34N2O5/c1-21(2,3)29-20(27)23-16(13-10-8-7-9-11-13)18(25)24-12-14-15(22(14,4)5)17(24)19(26)28-6;1-20(2,3)28-19(27)22-15(12-9-7-6-8-10-12)17(24)23-11-13-14(21(13,4)5)16(23)18(25)26/h13-17H,7-12H2,1-6H3,(H,23,27);12-16H,6-11H2,1-5H3,(H,22,27)(H,25,26)/t14?,15?,16-,17-;13?,14?,15-,16-/m00/s1. The number of hydrogen-bond acceptors (Lipinski definition) is 9. The number of aliphatic carboxylic acids is 1. The van der Waals surface area contributed by atoms with E-state index in [4.69, 9.17) is 14.2 Å². The molecular weight excluding hydrogens is 732 g/mol. The van der Waals surface area contributed by atoms with Gasteiger partial charge in [-0.25, -0.2) is 19.2 Å². The van der Waals surface area contributed by atoms with Gasteiger partial charge in [-0.3, -0.25) is 9.59 Å². The van der Waals surface area contributed by atoms with E-state index in [0.29, 0.717) is 19.0 Å². The van der Waals surface area contributed by atoms with Gasteiger partial charge in [0.1, 0.15) is 35.4 Å². The summed E-state index contributed by atoms with van der Waals surface area (Å²) < 4.78 is 15.8. The van der Waals surface area contributed by atoms with Crippen LogP contribution >= 0.6 is 0 Å². The number of carboxylic acids is 1. The molecule has 0 spiro atoms. The summed E-state index contributed by atoms with van der Waals surface area (Å²) in [5.41, 5.74) is -1.31. The number of likely N-dealkylation sites (tertiary alicyclic amines) is 2. The molecular formula is C43H70N4O10. The summed E-state index contributed by atoms with van der Waals surface area (Å²) >= 11 is 0. The Labute approximate surface area is 339 Å². The van der Waals surface area contributed by atoms with Gasteiger partial charge in [0.2, 0.25) is 11.8 Å². The van der Waals surface area contributed by atoms with Crippen molar-refractivity contribution in [1.82, 2.24) is 20.4 Å². The Balaban J connectivity index is 0.000000218. The molecule has 6 aliphatic rings. The summed E-state index contributed by atoms with van der Waals surface area (Å²) in [4.78, 5) is 79.6.